The Balaban J connectivity index is 0.000000579. The van der Waals surface area contributed by atoms with Crippen LogP contribution in [0.25, 0.3) is 0 Å². The van der Waals surface area contributed by atoms with E-state index >= 15 is 0 Å². The number of amides is 2. The summed E-state index contributed by atoms with van der Waals surface area (Å²) < 4.78 is 13.9. The summed E-state index contributed by atoms with van der Waals surface area (Å²) in [7, 11) is 0. The van der Waals surface area contributed by atoms with Crippen LogP contribution in [0.15, 0.2) is 30.4 Å². The van der Waals surface area contributed by atoms with Crippen molar-refractivity contribution in [1.29, 1.82) is 0 Å². The molecule has 2 amide bonds. The number of rotatable bonds is 11. The number of nitrogens with one attached hydrogen (secondary N) is 1. The number of piperazine rings is 1. The maximum Gasteiger partial charge on any atom is 0.328 e. The topological polar surface area (TPSA) is 194 Å². The molecular weight excluding hydrogens is 647 g/mol. The summed E-state index contributed by atoms with van der Waals surface area (Å²) in [6.07, 6.45) is 5.60. The molecule has 4 saturated carbocycles. The normalized spacial score (nSPS) is 29.6. The molecule has 14 heteroatoms. The van der Waals surface area contributed by atoms with Gasteiger partial charge in [-0.05, 0) is 94.7 Å². The molecule has 5 fully saturated rings. The van der Waals surface area contributed by atoms with Gasteiger partial charge in [0.2, 0.25) is 11.8 Å². The number of benzene rings is 1. The van der Waals surface area contributed by atoms with E-state index in [1.54, 1.807) is 0 Å². The second-order valence-corrected chi connectivity index (χ2v) is 15.0. The van der Waals surface area contributed by atoms with Crippen LogP contribution in [0.4, 0.5) is 10.1 Å². The van der Waals surface area contributed by atoms with Crippen molar-refractivity contribution in [2.24, 2.45) is 29.4 Å². The second kappa shape index (κ2) is 15.2. The predicted molar refractivity (Wildman–Crippen MR) is 177 cm³/mol. The minimum Gasteiger partial charge on any atom is -0.478 e. The van der Waals surface area contributed by atoms with Gasteiger partial charge in [0.1, 0.15) is 5.82 Å². The summed E-state index contributed by atoms with van der Waals surface area (Å²) in [6.45, 7) is 6.51. The molecule has 1 saturated heterocycles. The minimum absolute atomic E-state index is 0.0469. The van der Waals surface area contributed by atoms with Crippen molar-refractivity contribution in [2.45, 2.75) is 95.0 Å². The zero-order valence-corrected chi connectivity index (χ0v) is 28.4. The maximum absolute atomic E-state index is 13.9. The lowest BCUT2D eigenvalue weighted by molar-refractivity contribution is -0.148. The van der Waals surface area contributed by atoms with Gasteiger partial charge in [-0.15, -0.1) is 0 Å². The quantitative estimate of drug-likeness (QED) is 0.188. The van der Waals surface area contributed by atoms with Crippen molar-refractivity contribution in [3.8, 4) is 0 Å². The van der Waals surface area contributed by atoms with E-state index in [9.17, 15) is 33.8 Å². The minimum atomic E-state index is -1.26. The molecule has 1 aliphatic heterocycles. The number of hydrogen-bond acceptors (Lipinski definition) is 8. The molecule has 0 spiro atoms. The van der Waals surface area contributed by atoms with E-state index in [0.717, 1.165) is 32.1 Å². The number of nitrogens with zero attached hydrogens (tertiary/aromatic N) is 2. The molecule has 1 aromatic carbocycles. The molecule has 6 rings (SSSR count). The summed E-state index contributed by atoms with van der Waals surface area (Å²) in [5.74, 6) is -2.40. The molecule has 4 bridgehead atoms. The summed E-state index contributed by atoms with van der Waals surface area (Å²) in [5.41, 5.74) is 5.74. The van der Waals surface area contributed by atoms with Gasteiger partial charge in [0, 0.05) is 48.8 Å². The number of aliphatic carboxylic acids is 2. The van der Waals surface area contributed by atoms with E-state index in [-0.39, 0.29) is 49.8 Å². The number of carboxylic acid groups (broad SMARTS) is 2. The number of nitrogens with two attached hydrogens (primary N) is 1. The van der Waals surface area contributed by atoms with Gasteiger partial charge < -0.3 is 36.4 Å². The molecule has 0 unspecified atom stereocenters. The predicted octanol–water partition coefficient (Wildman–Crippen LogP) is 2.78. The molecule has 4 aliphatic carbocycles. The van der Waals surface area contributed by atoms with E-state index in [4.69, 9.17) is 27.5 Å². The first-order chi connectivity index (χ1) is 22.4. The highest BCUT2D eigenvalue weighted by atomic mass is 35.5. The largest absolute Gasteiger partial charge is 0.478 e. The summed E-state index contributed by atoms with van der Waals surface area (Å²) >= 11 is 6.27. The maximum atomic E-state index is 13.9. The molecule has 5 atom stereocenters. The average Bonchev–Trinajstić information content (AvgIpc) is 2.99. The first-order valence-corrected chi connectivity index (χ1v) is 16.9. The van der Waals surface area contributed by atoms with Gasteiger partial charge >= 0.3 is 11.9 Å². The molecule has 5 aliphatic rings. The Morgan fingerprint density at radius 1 is 1.12 bits per heavy atom. The molecule has 1 aromatic rings. The van der Waals surface area contributed by atoms with E-state index in [0.29, 0.717) is 47.0 Å². The van der Waals surface area contributed by atoms with Gasteiger partial charge in [0.05, 0.1) is 29.0 Å². The second-order valence-electron chi connectivity index (χ2n) is 14.6. The van der Waals surface area contributed by atoms with Gasteiger partial charge in [-0.3, -0.25) is 14.5 Å². The number of aliphatic hydroxyl groups excluding tert-OH is 1. The van der Waals surface area contributed by atoms with Gasteiger partial charge in [0.15, 0.2) is 0 Å². The number of aliphatic hydroxyl groups is 2. The van der Waals surface area contributed by atoms with E-state index in [1.165, 1.54) is 23.1 Å². The van der Waals surface area contributed by atoms with Crippen molar-refractivity contribution >= 4 is 41.0 Å². The lowest BCUT2D eigenvalue weighted by atomic mass is 9.52. The van der Waals surface area contributed by atoms with Crippen LogP contribution in [0.5, 0.6) is 0 Å². The van der Waals surface area contributed by atoms with Gasteiger partial charge in [-0.2, -0.15) is 0 Å². The van der Waals surface area contributed by atoms with Crippen molar-refractivity contribution < 1.29 is 44.0 Å². The summed E-state index contributed by atoms with van der Waals surface area (Å²) in [5, 5.41) is 41.2. The zero-order chi connectivity index (χ0) is 35.6. The van der Waals surface area contributed by atoms with E-state index < -0.39 is 41.0 Å². The monoisotopic (exact) mass is 694 g/mol. The molecule has 0 aromatic heterocycles. The third kappa shape index (κ3) is 9.12. The Morgan fingerprint density at radius 3 is 2.27 bits per heavy atom. The fourth-order valence-corrected chi connectivity index (χ4v) is 8.42. The number of anilines is 1. The summed E-state index contributed by atoms with van der Waals surface area (Å²) in [6, 6.07) is 3.40. The van der Waals surface area contributed by atoms with Crippen LogP contribution in [0.1, 0.15) is 65.7 Å². The molecular formula is C34H48ClFN4O8. The standard InChI is InChI=1S/C30H44ClFN4O4.C4H4O4/c1-4-18(28(39)34-27-19-7-17-8-20(27)13-30(40,11-17)12-19)9-25(37)23(33)14-35-15-26(38)36(16-29(35,2)3)24-10-21(32)5-6-22(24)31;5-3(6)1-2-4(7)8/h5-6,10,17-20,23,25,27,37,40H,4,7-9,11-16,33H2,1-3H3,(H,34,39);1-2H,(H,5,6)(H,7,8)/b;2-1+/t17?,18-,19+,20+,23+,25+,27?,30?;/m1./s1. The van der Waals surface area contributed by atoms with Crippen LogP contribution in [-0.4, -0.2) is 98.0 Å². The highest BCUT2D eigenvalue weighted by Crippen LogP contribution is 2.55. The highest BCUT2D eigenvalue weighted by Gasteiger charge is 2.55. The Labute approximate surface area is 285 Å². The average molecular weight is 695 g/mol. The SMILES string of the molecule is CC[C@H](C[C@H](O)[C@@H](N)CN1CC(=O)N(c2cc(F)ccc2Cl)CC1(C)C)C(=O)NC1[C@H]2CC3C[C@H]1CC(O)(C3)C2.O=C(O)/C=C/C(=O)O. The lowest BCUT2D eigenvalue weighted by Crippen LogP contribution is -2.64. The van der Waals surface area contributed by atoms with Crippen molar-refractivity contribution in [3.05, 3.63) is 41.2 Å². The van der Waals surface area contributed by atoms with E-state index in [1.807, 2.05) is 25.7 Å². The Bertz CT molecular complexity index is 1380. The smallest absolute Gasteiger partial charge is 0.328 e. The number of carbonyl (C=O) groups is 4. The number of halogens is 2. The Hall–Kier alpha value is -3.10. The van der Waals surface area contributed by atoms with E-state index in [2.05, 4.69) is 5.32 Å². The first kappa shape index (κ1) is 37.7. The van der Waals surface area contributed by atoms with Gasteiger partial charge in [-0.25, -0.2) is 14.0 Å². The Morgan fingerprint density at radius 2 is 1.73 bits per heavy atom. The lowest BCUT2D eigenvalue weighted by Gasteiger charge is -2.58. The van der Waals surface area contributed by atoms with Crippen LogP contribution in [-0.2, 0) is 19.2 Å². The Kier molecular flexibility index (Phi) is 11.9. The number of hydrogen-bond donors (Lipinski definition) is 6. The van der Waals surface area contributed by atoms with Crippen molar-refractivity contribution in [1.82, 2.24) is 10.2 Å². The van der Waals surface area contributed by atoms with Gasteiger partial charge in [-0.1, -0.05) is 18.5 Å². The molecule has 1 heterocycles. The van der Waals surface area contributed by atoms with Crippen LogP contribution in [0.3, 0.4) is 0 Å². The highest BCUT2D eigenvalue weighted by molar-refractivity contribution is 6.33. The van der Waals surface area contributed by atoms with Crippen molar-refractivity contribution in [2.75, 3.05) is 24.5 Å². The molecule has 12 nitrogen and oxygen atoms in total. The zero-order valence-electron chi connectivity index (χ0n) is 27.6. The first-order valence-electron chi connectivity index (χ1n) is 16.5. The molecule has 266 valence electrons. The third-order valence-electron chi connectivity index (χ3n) is 10.5. The fourth-order valence-electron chi connectivity index (χ4n) is 8.20. The van der Waals surface area contributed by atoms with Gasteiger partial charge in [0.25, 0.3) is 0 Å². The fraction of sp³-hybridized carbons (Fsp3) is 0.647. The molecule has 7 N–H and O–H groups in total. The van der Waals surface area contributed by atoms with Crippen LogP contribution < -0.4 is 16.0 Å². The third-order valence-corrected chi connectivity index (χ3v) is 10.8. The van der Waals surface area contributed by atoms with Crippen molar-refractivity contribution in [3.63, 3.8) is 0 Å². The molecule has 0 radical (unpaired) electrons. The van der Waals surface area contributed by atoms with Crippen LogP contribution in [0, 0.1) is 29.5 Å². The van der Waals surface area contributed by atoms with Crippen LogP contribution in [0.2, 0.25) is 5.02 Å². The molecule has 48 heavy (non-hydrogen) atoms. The number of carboxylic acids is 2. The summed E-state index contributed by atoms with van der Waals surface area (Å²) in [4.78, 5) is 49.0. The number of carbonyl (C=O) groups excluding carboxylic acids is 2. The van der Waals surface area contributed by atoms with Crippen LogP contribution >= 0.6 is 11.6 Å².